The summed E-state index contributed by atoms with van der Waals surface area (Å²) in [5.74, 6) is 0. The number of aliphatic hydroxyl groups excluding tert-OH is 1. The van der Waals surface area contributed by atoms with Crippen LogP contribution in [0.2, 0.25) is 0 Å². The van der Waals surface area contributed by atoms with E-state index in [0.717, 1.165) is 18.4 Å². The molecule has 4 nitrogen and oxygen atoms in total. The molecule has 2 unspecified atom stereocenters. The Morgan fingerprint density at radius 1 is 1.21 bits per heavy atom. The second kappa shape index (κ2) is 9.04. The number of hydroxylamine groups is 1. The molecule has 1 rings (SSSR count). The number of aliphatic hydroxyl groups is 1. The number of rotatable bonds is 9. The Labute approximate surface area is 115 Å². The molecule has 0 aliphatic heterocycles. The van der Waals surface area contributed by atoms with Crippen molar-refractivity contribution in [2.75, 3.05) is 6.54 Å². The summed E-state index contributed by atoms with van der Waals surface area (Å²) in [4.78, 5) is 5.45. The molecule has 0 bridgehead atoms. The summed E-state index contributed by atoms with van der Waals surface area (Å²) >= 11 is 0. The van der Waals surface area contributed by atoms with Gasteiger partial charge in [-0.05, 0) is 24.8 Å². The first-order chi connectivity index (χ1) is 9.17. The zero-order chi connectivity index (χ0) is 14.1. The summed E-state index contributed by atoms with van der Waals surface area (Å²) in [6.45, 7) is 4.51. The Morgan fingerprint density at radius 3 is 2.42 bits per heavy atom. The molecule has 4 N–H and O–H groups in total. The van der Waals surface area contributed by atoms with Crippen LogP contribution in [0.5, 0.6) is 0 Å². The highest BCUT2D eigenvalue weighted by atomic mass is 16.7. The van der Waals surface area contributed by atoms with Crippen LogP contribution >= 0.6 is 0 Å². The molecule has 0 saturated heterocycles. The van der Waals surface area contributed by atoms with Crippen molar-refractivity contribution >= 4 is 0 Å². The fourth-order valence-corrected chi connectivity index (χ4v) is 1.88. The summed E-state index contributed by atoms with van der Waals surface area (Å²) in [5.41, 5.74) is 9.94. The zero-order valence-corrected chi connectivity index (χ0v) is 11.9. The van der Waals surface area contributed by atoms with Crippen molar-refractivity contribution in [2.24, 2.45) is 5.73 Å². The molecular formula is C15H26N2O2. The van der Waals surface area contributed by atoms with E-state index >= 15 is 0 Å². The molecule has 0 aliphatic carbocycles. The van der Waals surface area contributed by atoms with Gasteiger partial charge in [0.25, 0.3) is 0 Å². The fraction of sp³-hybridized carbons (Fsp3) is 0.600. The summed E-state index contributed by atoms with van der Waals surface area (Å²) in [7, 11) is 0. The Morgan fingerprint density at radius 2 is 1.84 bits per heavy atom. The van der Waals surface area contributed by atoms with Crippen molar-refractivity contribution in [2.45, 2.75) is 51.4 Å². The van der Waals surface area contributed by atoms with Crippen molar-refractivity contribution in [1.29, 1.82) is 0 Å². The van der Waals surface area contributed by atoms with Gasteiger partial charge in [0, 0.05) is 12.6 Å². The van der Waals surface area contributed by atoms with Gasteiger partial charge in [-0.1, -0.05) is 44.2 Å². The molecule has 2 atom stereocenters. The fourth-order valence-electron chi connectivity index (χ4n) is 1.88. The maximum Gasteiger partial charge on any atom is 0.0841 e. The van der Waals surface area contributed by atoms with E-state index in [9.17, 15) is 5.11 Å². The van der Waals surface area contributed by atoms with Gasteiger partial charge in [0.15, 0.2) is 0 Å². The monoisotopic (exact) mass is 266 g/mol. The van der Waals surface area contributed by atoms with Gasteiger partial charge in [-0.25, -0.2) is 0 Å². The van der Waals surface area contributed by atoms with E-state index in [-0.39, 0.29) is 12.1 Å². The minimum atomic E-state index is -0.616. The minimum absolute atomic E-state index is 0.192. The third-order valence-electron chi connectivity index (χ3n) is 3.26. The number of nitrogens with two attached hydrogens (primary N) is 1. The van der Waals surface area contributed by atoms with Crippen LogP contribution in [0.25, 0.3) is 0 Å². The molecule has 0 aliphatic rings. The topological polar surface area (TPSA) is 67.5 Å². The van der Waals surface area contributed by atoms with Crippen molar-refractivity contribution in [1.82, 2.24) is 5.48 Å². The lowest BCUT2D eigenvalue weighted by Gasteiger charge is -2.21. The molecule has 0 radical (unpaired) electrons. The van der Waals surface area contributed by atoms with Crippen LogP contribution < -0.4 is 11.2 Å². The average molecular weight is 266 g/mol. The predicted molar refractivity (Wildman–Crippen MR) is 77.6 cm³/mol. The van der Waals surface area contributed by atoms with E-state index in [1.165, 1.54) is 0 Å². The van der Waals surface area contributed by atoms with Crippen molar-refractivity contribution < 1.29 is 9.94 Å². The van der Waals surface area contributed by atoms with Crippen LogP contribution in [-0.2, 0) is 11.3 Å². The van der Waals surface area contributed by atoms with Crippen molar-refractivity contribution in [3.8, 4) is 0 Å². The lowest BCUT2D eigenvalue weighted by Crippen LogP contribution is -2.43. The largest absolute Gasteiger partial charge is 0.390 e. The lowest BCUT2D eigenvalue weighted by molar-refractivity contribution is -0.0458. The number of nitrogens with one attached hydrogen (secondary N) is 1. The zero-order valence-electron chi connectivity index (χ0n) is 11.9. The first kappa shape index (κ1) is 16.1. The smallest absolute Gasteiger partial charge is 0.0841 e. The predicted octanol–water partition coefficient (Wildman–Crippen LogP) is 1.63. The van der Waals surface area contributed by atoms with Gasteiger partial charge in [-0.15, -0.1) is 0 Å². The van der Waals surface area contributed by atoms with Crippen LogP contribution in [-0.4, -0.2) is 29.9 Å². The van der Waals surface area contributed by atoms with Crippen LogP contribution in [0.15, 0.2) is 30.3 Å². The van der Waals surface area contributed by atoms with E-state index in [1.54, 1.807) is 0 Å². The van der Waals surface area contributed by atoms with Crippen LogP contribution in [0, 0.1) is 0 Å². The van der Waals surface area contributed by atoms with Gasteiger partial charge in [0.05, 0.1) is 12.2 Å². The van der Waals surface area contributed by atoms with E-state index in [4.69, 9.17) is 10.6 Å². The third-order valence-corrected chi connectivity index (χ3v) is 3.26. The summed E-state index contributed by atoms with van der Waals surface area (Å²) < 4.78 is 0. The second-order valence-corrected chi connectivity index (χ2v) is 4.83. The standard InChI is InChI=1S/C15H26N2O2/c1-3-13(4-2)19-17-11-15(18)14(16)10-12-8-6-5-7-9-12/h5-9,13-15,17-18H,3-4,10-11,16H2,1-2H3. The van der Waals surface area contributed by atoms with E-state index < -0.39 is 6.10 Å². The van der Waals surface area contributed by atoms with Gasteiger partial charge >= 0.3 is 0 Å². The van der Waals surface area contributed by atoms with E-state index in [2.05, 4.69) is 19.3 Å². The highest BCUT2D eigenvalue weighted by Gasteiger charge is 2.15. The first-order valence-electron chi connectivity index (χ1n) is 7.03. The van der Waals surface area contributed by atoms with Crippen LogP contribution in [0.3, 0.4) is 0 Å². The quantitative estimate of drug-likeness (QED) is 0.594. The normalized spacial score (nSPS) is 14.6. The molecule has 108 valence electrons. The number of hydrogen-bond donors (Lipinski definition) is 3. The molecule has 0 heterocycles. The maximum absolute atomic E-state index is 9.97. The Bertz CT molecular complexity index is 328. The third kappa shape index (κ3) is 6.16. The molecule has 4 heteroatoms. The summed E-state index contributed by atoms with van der Waals surface area (Å²) in [5, 5.41) is 9.97. The highest BCUT2D eigenvalue weighted by molar-refractivity contribution is 5.16. The van der Waals surface area contributed by atoms with Gasteiger partial charge in [0.1, 0.15) is 0 Å². The molecule has 0 saturated carbocycles. The Kier molecular flexibility index (Phi) is 7.67. The van der Waals surface area contributed by atoms with E-state index in [0.29, 0.717) is 13.0 Å². The van der Waals surface area contributed by atoms with Gasteiger partial charge < -0.3 is 10.8 Å². The molecule has 0 aromatic heterocycles. The summed E-state index contributed by atoms with van der Waals surface area (Å²) in [6, 6.07) is 9.66. The van der Waals surface area contributed by atoms with Gasteiger partial charge in [-0.2, -0.15) is 5.48 Å². The van der Waals surface area contributed by atoms with Gasteiger partial charge in [-0.3, -0.25) is 4.84 Å². The number of benzene rings is 1. The second-order valence-electron chi connectivity index (χ2n) is 4.83. The van der Waals surface area contributed by atoms with Crippen molar-refractivity contribution in [3.05, 3.63) is 35.9 Å². The molecule has 0 spiro atoms. The van der Waals surface area contributed by atoms with Crippen LogP contribution in [0.4, 0.5) is 0 Å². The Hall–Kier alpha value is -0.940. The Balaban J connectivity index is 2.27. The first-order valence-corrected chi connectivity index (χ1v) is 7.03. The average Bonchev–Trinajstić information content (AvgIpc) is 2.44. The van der Waals surface area contributed by atoms with Crippen molar-refractivity contribution in [3.63, 3.8) is 0 Å². The molecule has 1 aromatic carbocycles. The molecule has 0 fully saturated rings. The number of hydrogen-bond acceptors (Lipinski definition) is 4. The summed E-state index contributed by atoms with van der Waals surface area (Å²) in [6.07, 6.45) is 2.15. The lowest BCUT2D eigenvalue weighted by atomic mass is 10.0. The highest BCUT2D eigenvalue weighted by Crippen LogP contribution is 2.05. The molecular weight excluding hydrogens is 240 g/mol. The van der Waals surface area contributed by atoms with Gasteiger partial charge in [0.2, 0.25) is 0 Å². The SMILES string of the molecule is CCC(CC)ONCC(O)C(N)Cc1ccccc1. The molecule has 0 amide bonds. The maximum atomic E-state index is 9.97. The minimum Gasteiger partial charge on any atom is -0.390 e. The van der Waals surface area contributed by atoms with E-state index in [1.807, 2.05) is 30.3 Å². The van der Waals surface area contributed by atoms with Crippen LogP contribution in [0.1, 0.15) is 32.3 Å². The molecule has 19 heavy (non-hydrogen) atoms. The molecule has 1 aromatic rings.